The topological polar surface area (TPSA) is 69.9 Å². The van der Waals surface area contributed by atoms with Crippen LogP contribution in [0.25, 0.3) is 4.96 Å². The van der Waals surface area contributed by atoms with Crippen LogP contribution in [0.5, 0.6) is 5.75 Å². The lowest BCUT2D eigenvalue weighted by molar-refractivity contribution is -0.152. The number of carbonyl (C=O) groups is 1. The number of nitrogens with zero attached hydrogens (tertiary/aromatic N) is 2. The summed E-state index contributed by atoms with van der Waals surface area (Å²) in [5.74, 6) is 0.0790. The van der Waals surface area contributed by atoms with Crippen molar-refractivity contribution in [3.63, 3.8) is 0 Å². The zero-order valence-corrected chi connectivity index (χ0v) is 13.2. The number of para-hydroxylation sites is 1. The number of ether oxygens (including phenoxy) is 2. The minimum atomic E-state index is -0.746. The van der Waals surface area contributed by atoms with Crippen molar-refractivity contribution in [2.75, 3.05) is 0 Å². The van der Waals surface area contributed by atoms with Gasteiger partial charge >= 0.3 is 5.97 Å². The van der Waals surface area contributed by atoms with Gasteiger partial charge in [0.1, 0.15) is 12.4 Å². The highest BCUT2D eigenvalue weighted by Crippen LogP contribution is 2.12. The average molecular weight is 330 g/mol. The Kier molecular flexibility index (Phi) is 4.38. The molecule has 0 saturated heterocycles. The Morgan fingerprint density at radius 2 is 2.13 bits per heavy atom. The monoisotopic (exact) mass is 330 g/mol. The molecule has 3 rings (SSSR count). The first-order valence-electron chi connectivity index (χ1n) is 6.97. The van der Waals surface area contributed by atoms with Gasteiger partial charge in [-0.05, 0) is 19.1 Å². The summed E-state index contributed by atoms with van der Waals surface area (Å²) >= 11 is 1.34. The summed E-state index contributed by atoms with van der Waals surface area (Å²) in [6.07, 6.45) is 0.907. The molecule has 0 N–H and O–H groups in total. The molecule has 0 saturated carbocycles. The van der Waals surface area contributed by atoms with Gasteiger partial charge in [0, 0.05) is 17.6 Å². The molecule has 23 heavy (non-hydrogen) atoms. The van der Waals surface area contributed by atoms with Crippen LogP contribution < -0.4 is 10.3 Å². The highest BCUT2D eigenvalue weighted by Gasteiger charge is 2.17. The van der Waals surface area contributed by atoms with E-state index in [4.69, 9.17) is 9.47 Å². The van der Waals surface area contributed by atoms with E-state index in [0.29, 0.717) is 16.4 Å². The van der Waals surface area contributed by atoms with E-state index in [1.165, 1.54) is 21.8 Å². The van der Waals surface area contributed by atoms with Crippen LogP contribution in [0.2, 0.25) is 0 Å². The van der Waals surface area contributed by atoms with E-state index >= 15 is 0 Å². The molecule has 0 aliphatic rings. The molecule has 0 spiro atoms. The van der Waals surface area contributed by atoms with Crippen molar-refractivity contribution in [2.24, 2.45) is 0 Å². The molecule has 3 aromatic rings. The molecule has 0 fully saturated rings. The summed E-state index contributed by atoms with van der Waals surface area (Å²) < 4.78 is 12.1. The summed E-state index contributed by atoms with van der Waals surface area (Å²) in [6.45, 7) is 1.55. The predicted molar refractivity (Wildman–Crippen MR) is 85.7 cm³/mol. The maximum atomic E-state index is 12.0. The molecule has 0 aliphatic heterocycles. The highest BCUT2D eigenvalue weighted by molar-refractivity contribution is 7.15. The van der Waals surface area contributed by atoms with Crippen LogP contribution in [0.1, 0.15) is 12.6 Å². The van der Waals surface area contributed by atoms with Crippen molar-refractivity contribution in [2.45, 2.75) is 19.6 Å². The van der Waals surface area contributed by atoms with Crippen LogP contribution in [0, 0.1) is 0 Å². The number of aromatic nitrogens is 2. The Hall–Kier alpha value is -2.67. The molecule has 0 radical (unpaired) electrons. The van der Waals surface area contributed by atoms with Crippen molar-refractivity contribution in [1.29, 1.82) is 0 Å². The second-order valence-electron chi connectivity index (χ2n) is 4.82. The zero-order valence-electron chi connectivity index (χ0n) is 12.3. The van der Waals surface area contributed by atoms with Gasteiger partial charge in [-0.25, -0.2) is 9.78 Å². The second kappa shape index (κ2) is 6.62. The van der Waals surface area contributed by atoms with Crippen molar-refractivity contribution in [1.82, 2.24) is 9.38 Å². The fraction of sp³-hybridized carbons (Fsp3) is 0.188. The summed E-state index contributed by atoms with van der Waals surface area (Å²) in [5.41, 5.74) is 0.216. The number of benzene rings is 1. The van der Waals surface area contributed by atoms with Gasteiger partial charge in [-0.3, -0.25) is 9.20 Å². The molecule has 7 heteroatoms. The second-order valence-corrected chi connectivity index (χ2v) is 5.70. The van der Waals surface area contributed by atoms with Crippen molar-refractivity contribution in [3.8, 4) is 5.75 Å². The Balaban J connectivity index is 1.62. The van der Waals surface area contributed by atoms with Crippen LogP contribution in [0.4, 0.5) is 0 Å². The van der Waals surface area contributed by atoms with Crippen molar-refractivity contribution >= 4 is 22.3 Å². The third-order valence-corrected chi connectivity index (χ3v) is 3.86. The Morgan fingerprint density at radius 3 is 2.91 bits per heavy atom. The minimum Gasteiger partial charge on any atom is -0.479 e. The lowest BCUT2D eigenvalue weighted by atomic mass is 10.3. The predicted octanol–water partition coefficient (Wildman–Crippen LogP) is 2.27. The minimum absolute atomic E-state index is 0.0645. The number of fused-ring (bicyclic) bond motifs is 1. The van der Waals surface area contributed by atoms with Gasteiger partial charge < -0.3 is 9.47 Å². The average Bonchev–Trinajstić information content (AvgIpc) is 3.02. The van der Waals surface area contributed by atoms with Gasteiger partial charge in [-0.15, -0.1) is 11.3 Å². The van der Waals surface area contributed by atoms with E-state index in [-0.39, 0.29) is 12.2 Å². The van der Waals surface area contributed by atoms with E-state index in [2.05, 4.69) is 4.98 Å². The molecule has 6 nitrogen and oxygen atoms in total. The first-order chi connectivity index (χ1) is 11.1. The van der Waals surface area contributed by atoms with Gasteiger partial charge in [0.15, 0.2) is 11.1 Å². The maximum absolute atomic E-state index is 12.0. The van der Waals surface area contributed by atoms with E-state index in [1.54, 1.807) is 30.6 Å². The summed E-state index contributed by atoms with van der Waals surface area (Å²) in [4.78, 5) is 28.6. The normalized spacial score (nSPS) is 12.0. The lowest BCUT2D eigenvalue weighted by Crippen LogP contribution is -2.26. The van der Waals surface area contributed by atoms with Gasteiger partial charge in [0.05, 0.1) is 5.69 Å². The van der Waals surface area contributed by atoms with Crippen LogP contribution in [0.3, 0.4) is 0 Å². The fourth-order valence-electron chi connectivity index (χ4n) is 1.98. The Morgan fingerprint density at radius 1 is 1.35 bits per heavy atom. The van der Waals surface area contributed by atoms with Crippen molar-refractivity contribution < 1.29 is 14.3 Å². The van der Waals surface area contributed by atoms with E-state index in [0.717, 1.165) is 0 Å². The number of hydrogen-bond acceptors (Lipinski definition) is 6. The number of rotatable bonds is 5. The van der Waals surface area contributed by atoms with E-state index in [1.807, 2.05) is 18.2 Å². The number of carbonyl (C=O) groups excluding carboxylic acids is 1. The molecule has 0 bridgehead atoms. The fourth-order valence-corrected chi connectivity index (χ4v) is 2.71. The SMILES string of the molecule is C[C@@H](Oc1ccccc1)C(=O)OCc1cc(=O)n2ccsc2n1. The zero-order chi connectivity index (χ0) is 16.2. The van der Waals surface area contributed by atoms with E-state index in [9.17, 15) is 9.59 Å². The largest absolute Gasteiger partial charge is 0.479 e. The van der Waals surface area contributed by atoms with Gasteiger partial charge in [-0.2, -0.15) is 0 Å². The van der Waals surface area contributed by atoms with Crippen LogP contribution in [-0.2, 0) is 16.1 Å². The standard InChI is InChI=1S/C16H14N2O4S/c1-11(22-13-5-3-2-4-6-13)15(20)21-10-12-9-14(19)18-7-8-23-16(18)17-12/h2-9,11H,10H2,1H3/t11-/m1/s1. The molecular formula is C16H14N2O4S. The molecular weight excluding hydrogens is 316 g/mol. The van der Waals surface area contributed by atoms with E-state index < -0.39 is 12.1 Å². The summed E-state index contributed by atoms with van der Waals surface area (Å²) in [5, 5.41) is 1.77. The molecule has 2 heterocycles. The quantitative estimate of drug-likeness (QED) is 0.671. The highest BCUT2D eigenvalue weighted by atomic mass is 32.1. The molecule has 0 unspecified atom stereocenters. The molecule has 1 atom stereocenters. The smallest absolute Gasteiger partial charge is 0.347 e. The lowest BCUT2D eigenvalue weighted by Gasteiger charge is -2.13. The third-order valence-electron chi connectivity index (χ3n) is 3.11. The number of thiazole rings is 1. The van der Waals surface area contributed by atoms with Crippen LogP contribution >= 0.6 is 11.3 Å². The maximum Gasteiger partial charge on any atom is 0.347 e. The number of esters is 1. The van der Waals surface area contributed by atoms with Crippen LogP contribution in [0.15, 0.2) is 52.8 Å². The first kappa shape index (κ1) is 15.2. The molecule has 1 aromatic carbocycles. The Bertz CT molecular complexity index is 872. The Labute approximate surface area is 135 Å². The number of hydrogen-bond donors (Lipinski definition) is 0. The van der Waals surface area contributed by atoms with Crippen molar-refractivity contribution in [3.05, 3.63) is 64.0 Å². The van der Waals surface area contributed by atoms with Gasteiger partial charge in [0.2, 0.25) is 0 Å². The molecule has 0 aliphatic carbocycles. The molecule has 118 valence electrons. The van der Waals surface area contributed by atoms with Gasteiger partial charge in [-0.1, -0.05) is 18.2 Å². The van der Waals surface area contributed by atoms with Gasteiger partial charge in [0.25, 0.3) is 5.56 Å². The third kappa shape index (κ3) is 3.57. The van der Waals surface area contributed by atoms with Crippen LogP contribution in [-0.4, -0.2) is 21.5 Å². The molecule has 2 aromatic heterocycles. The summed E-state index contributed by atoms with van der Waals surface area (Å²) in [6, 6.07) is 10.4. The first-order valence-corrected chi connectivity index (χ1v) is 7.85. The molecule has 0 amide bonds. The summed E-state index contributed by atoms with van der Waals surface area (Å²) in [7, 11) is 0.